The van der Waals surface area contributed by atoms with Crippen LogP contribution in [0.3, 0.4) is 0 Å². The van der Waals surface area contributed by atoms with Gasteiger partial charge >= 0.3 is 0 Å². The van der Waals surface area contributed by atoms with E-state index in [1.807, 2.05) is 29.9 Å². The van der Waals surface area contributed by atoms with Crippen molar-refractivity contribution in [3.05, 3.63) is 41.2 Å². The van der Waals surface area contributed by atoms with Crippen molar-refractivity contribution >= 4 is 23.4 Å². The summed E-state index contributed by atoms with van der Waals surface area (Å²) in [5, 5.41) is 10.5. The summed E-state index contributed by atoms with van der Waals surface area (Å²) in [4.78, 5) is 5.15. The van der Waals surface area contributed by atoms with Gasteiger partial charge in [-0.2, -0.15) is 0 Å². The van der Waals surface area contributed by atoms with E-state index >= 15 is 0 Å². The molecule has 0 aliphatic rings. The number of aromatic nitrogens is 2. The average Bonchev–Trinajstić information content (AvgIpc) is 2.67. The number of halogens is 1. The lowest BCUT2D eigenvalue weighted by Crippen LogP contribution is -1.89. The molecule has 1 aromatic carbocycles. The van der Waals surface area contributed by atoms with Crippen LogP contribution in [0.1, 0.15) is 5.56 Å². The number of aliphatic hydroxyl groups excluding tert-OH is 1. The van der Waals surface area contributed by atoms with Gasteiger partial charge in [-0.1, -0.05) is 29.4 Å². The molecular formula is C11H11ClN2OS. The highest BCUT2D eigenvalue weighted by molar-refractivity contribution is 7.99. The summed E-state index contributed by atoms with van der Waals surface area (Å²) in [6.45, 7) is 0.00702. The molecule has 1 heterocycles. The number of aliphatic hydroxyl groups is 1. The zero-order valence-electron chi connectivity index (χ0n) is 8.72. The van der Waals surface area contributed by atoms with Crippen molar-refractivity contribution < 1.29 is 5.11 Å². The molecule has 0 bridgehead atoms. The Balaban J connectivity index is 2.25. The van der Waals surface area contributed by atoms with Crippen molar-refractivity contribution in [2.24, 2.45) is 7.05 Å². The van der Waals surface area contributed by atoms with Gasteiger partial charge in [-0.15, -0.1) is 0 Å². The number of rotatable bonds is 3. The monoisotopic (exact) mass is 254 g/mol. The molecule has 0 radical (unpaired) electrons. The van der Waals surface area contributed by atoms with Crippen LogP contribution in [-0.4, -0.2) is 14.7 Å². The summed E-state index contributed by atoms with van der Waals surface area (Å²) in [7, 11) is 1.94. The largest absolute Gasteiger partial charge is 0.392 e. The fraction of sp³-hybridized carbons (Fsp3) is 0.182. The minimum Gasteiger partial charge on any atom is -0.392 e. The van der Waals surface area contributed by atoms with E-state index in [4.69, 9.17) is 16.7 Å². The Morgan fingerprint density at radius 2 is 2.31 bits per heavy atom. The predicted octanol–water partition coefficient (Wildman–Crippen LogP) is 2.72. The Morgan fingerprint density at radius 1 is 1.50 bits per heavy atom. The first-order valence-corrected chi connectivity index (χ1v) is 5.94. The number of aryl methyl sites for hydroxylation is 1. The third-order valence-corrected chi connectivity index (χ3v) is 3.73. The lowest BCUT2D eigenvalue weighted by molar-refractivity contribution is 0.282. The van der Waals surface area contributed by atoms with Crippen LogP contribution in [0.15, 0.2) is 40.6 Å². The number of imidazole rings is 1. The van der Waals surface area contributed by atoms with E-state index in [0.717, 1.165) is 15.6 Å². The summed E-state index contributed by atoms with van der Waals surface area (Å²) in [5.41, 5.74) is 0.814. The number of nitrogens with zero attached hydrogens (tertiary/aromatic N) is 2. The maximum Gasteiger partial charge on any atom is 0.172 e. The van der Waals surface area contributed by atoms with Crippen LogP contribution in [0.4, 0.5) is 0 Å². The van der Waals surface area contributed by atoms with E-state index in [1.165, 1.54) is 11.8 Å². The van der Waals surface area contributed by atoms with Crippen LogP contribution >= 0.6 is 23.4 Å². The highest BCUT2D eigenvalue weighted by Crippen LogP contribution is 2.32. The molecule has 5 heteroatoms. The van der Waals surface area contributed by atoms with Gasteiger partial charge in [-0.3, -0.25) is 0 Å². The highest BCUT2D eigenvalue weighted by atomic mass is 35.5. The van der Waals surface area contributed by atoms with Gasteiger partial charge in [0.15, 0.2) is 5.16 Å². The van der Waals surface area contributed by atoms with Crippen LogP contribution in [0, 0.1) is 0 Å². The van der Waals surface area contributed by atoms with E-state index in [-0.39, 0.29) is 6.61 Å². The van der Waals surface area contributed by atoms with E-state index in [0.29, 0.717) is 5.02 Å². The first-order chi connectivity index (χ1) is 7.70. The highest BCUT2D eigenvalue weighted by Gasteiger charge is 2.06. The second-order valence-electron chi connectivity index (χ2n) is 3.35. The molecule has 0 saturated carbocycles. The van der Waals surface area contributed by atoms with E-state index in [2.05, 4.69) is 4.98 Å². The van der Waals surface area contributed by atoms with Gasteiger partial charge in [0.05, 0.1) is 11.6 Å². The Bertz CT molecular complexity index is 498. The van der Waals surface area contributed by atoms with Crippen molar-refractivity contribution in [3.63, 3.8) is 0 Å². The summed E-state index contributed by atoms with van der Waals surface area (Å²) >= 11 is 7.61. The topological polar surface area (TPSA) is 38.0 Å². The zero-order chi connectivity index (χ0) is 11.5. The Morgan fingerprint density at radius 3 is 2.88 bits per heavy atom. The molecule has 1 aromatic heterocycles. The zero-order valence-corrected chi connectivity index (χ0v) is 10.3. The summed E-state index contributed by atoms with van der Waals surface area (Å²) < 4.78 is 1.93. The Kier molecular flexibility index (Phi) is 3.53. The molecular weight excluding hydrogens is 244 g/mol. The fourth-order valence-electron chi connectivity index (χ4n) is 1.27. The quantitative estimate of drug-likeness (QED) is 0.915. The molecule has 0 spiro atoms. The van der Waals surface area contributed by atoms with Crippen molar-refractivity contribution in [2.45, 2.75) is 16.7 Å². The molecule has 3 nitrogen and oxygen atoms in total. The number of hydrogen-bond acceptors (Lipinski definition) is 3. The van der Waals surface area contributed by atoms with Gasteiger partial charge in [0.2, 0.25) is 0 Å². The van der Waals surface area contributed by atoms with Crippen molar-refractivity contribution in [1.82, 2.24) is 9.55 Å². The number of benzene rings is 1. The van der Waals surface area contributed by atoms with Gasteiger partial charge in [0.25, 0.3) is 0 Å². The van der Waals surface area contributed by atoms with Crippen LogP contribution in [-0.2, 0) is 13.7 Å². The lowest BCUT2D eigenvalue weighted by atomic mass is 10.2. The molecule has 2 aromatic rings. The predicted molar refractivity (Wildman–Crippen MR) is 64.7 cm³/mol. The molecule has 0 atom stereocenters. The molecule has 0 aliphatic heterocycles. The molecule has 16 heavy (non-hydrogen) atoms. The Labute approximate surface area is 103 Å². The SMILES string of the molecule is Cn1ccnc1Sc1ccc(CO)cc1Cl. The first kappa shape index (κ1) is 11.5. The van der Waals surface area contributed by atoms with Crippen LogP contribution in [0.25, 0.3) is 0 Å². The lowest BCUT2D eigenvalue weighted by Gasteiger charge is -2.05. The van der Waals surface area contributed by atoms with Crippen molar-refractivity contribution in [2.75, 3.05) is 0 Å². The number of hydrogen-bond donors (Lipinski definition) is 1. The van der Waals surface area contributed by atoms with Gasteiger partial charge in [-0.25, -0.2) is 4.98 Å². The van der Waals surface area contributed by atoms with Crippen molar-refractivity contribution in [3.8, 4) is 0 Å². The molecule has 0 aliphatic carbocycles. The normalized spacial score (nSPS) is 10.7. The molecule has 1 N–H and O–H groups in total. The smallest absolute Gasteiger partial charge is 0.172 e. The summed E-state index contributed by atoms with van der Waals surface area (Å²) in [6.07, 6.45) is 3.64. The van der Waals surface area contributed by atoms with E-state index < -0.39 is 0 Å². The molecule has 0 saturated heterocycles. The maximum atomic E-state index is 8.97. The summed E-state index contributed by atoms with van der Waals surface area (Å²) in [5.74, 6) is 0. The van der Waals surface area contributed by atoms with Gasteiger partial charge in [0, 0.05) is 24.3 Å². The van der Waals surface area contributed by atoms with E-state index in [9.17, 15) is 0 Å². The van der Waals surface area contributed by atoms with Gasteiger partial charge < -0.3 is 9.67 Å². The van der Waals surface area contributed by atoms with Gasteiger partial charge in [0.1, 0.15) is 0 Å². The van der Waals surface area contributed by atoms with Crippen LogP contribution < -0.4 is 0 Å². The summed E-state index contributed by atoms with van der Waals surface area (Å²) in [6, 6.07) is 5.53. The molecule has 0 fully saturated rings. The molecule has 2 rings (SSSR count). The first-order valence-electron chi connectivity index (χ1n) is 4.75. The second-order valence-corrected chi connectivity index (χ2v) is 4.76. The average molecular weight is 255 g/mol. The van der Waals surface area contributed by atoms with E-state index in [1.54, 1.807) is 12.3 Å². The third kappa shape index (κ3) is 2.40. The van der Waals surface area contributed by atoms with Gasteiger partial charge in [-0.05, 0) is 17.7 Å². The minimum atomic E-state index is 0.00702. The fourth-order valence-corrected chi connectivity index (χ4v) is 2.40. The second kappa shape index (κ2) is 4.91. The minimum absolute atomic E-state index is 0.00702. The standard InChI is InChI=1S/C11H11ClN2OS/c1-14-5-4-13-11(14)16-10-3-2-8(7-15)6-9(10)12/h2-6,15H,7H2,1H3. The van der Waals surface area contributed by atoms with Crippen LogP contribution in [0.5, 0.6) is 0 Å². The molecule has 0 amide bonds. The van der Waals surface area contributed by atoms with Crippen molar-refractivity contribution in [1.29, 1.82) is 0 Å². The van der Waals surface area contributed by atoms with Crippen LogP contribution in [0.2, 0.25) is 5.02 Å². The maximum absolute atomic E-state index is 8.97. The third-order valence-electron chi connectivity index (χ3n) is 2.16. The Hall–Kier alpha value is -0.970. The molecule has 84 valence electrons. The molecule has 0 unspecified atom stereocenters.